The molecule has 2 rings (SSSR count). The summed E-state index contributed by atoms with van der Waals surface area (Å²) < 4.78 is 0. The summed E-state index contributed by atoms with van der Waals surface area (Å²) >= 11 is 0. The maximum absolute atomic E-state index is 12.5. The smallest absolute Gasteiger partial charge is 0.253 e. The first kappa shape index (κ1) is 15.0. The molecule has 20 heavy (non-hydrogen) atoms. The maximum atomic E-state index is 12.5. The molecule has 0 spiro atoms. The molecule has 4 heteroatoms. The molecular formula is C16H25N3O. The lowest BCUT2D eigenvalue weighted by Crippen LogP contribution is -2.58. The lowest BCUT2D eigenvalue weighted by atomic mass is 10.0. The summed E-state index contributed by atoms with van der Waals surface area (Å²) in [7, 11) is 0. The number of carbonyl (C=O) groups excluding carboxylic acids is 1. The summed E-state index contributed by atoms with van der Waals surface area (Å²) in [5.74, 6) is 0.138. The highest BCUT2D eigenvalue weighted by Gasteiger charge is 2.30. The van der Waals surface area contributed by atoms with E-state index in [9.17, 15) is 4.79 Å². The van der Waals surface area contributed by atoms with Gasteiger partial charge < -0.3 is 10.6 Å². The van der Waals surface area contributed by atoms with Crippen molar-refractivity contribution in [3.05, 3.63) is 35.4 Å². The number of hydrogen-bond donors (Lipinski definition) is 1. The second kappa shape index (κ2) is 5.94. The van der Waals surface area contributed by atoms with Crippen molar-refractivity contribution in [1.82, 2.24) is 9.80 Å². The van der Waals surface area contributed by atoms with Gasteiger partial charge >= 0.3 is 0 Å². The number of carbonyl (C=O) groups is 1. The Labute approximate surface area is 121 Å². The van der Waals surface area contributed by atoms with E-state index in [0.29, 0.717) is 6.54 Å². The molecular weight excluding hydrogens is 250 g/mol. The summed E-state index contributed by atoms with van der Waals surface area (Å²) in [6.07, 6.45) is 0. The molecule has 1 amide bonds. The lowest BCUT2D eigenvalue weighted by molar-refractivity contribution is 0.0426. The predicted octanol–water partition coefficient (Wildman–Crippen LogP) is 1.49. The highest BCUT2D eigenvalue weighted by molar-refractivity contribution is 5.94. The Morgan fingerprint density at radius 1 is 1.25 bits per heavy atom. The van der Waals surface area contributed by atoms with Crippen LogP contribution < -0.4 is 5.73 Å². The fourth-order valence-electron chi connectivity index (χ4n) is 2.60. The van der Waals surface area contributed by atoms with Crippen molar-refractivity contribution in [3.8, 4) is 0 Å². The van der Waals surface area contributed by atoms with Crippen LogP contribution in [0.25, 0.3) is 0 Å². The molecule has 0 unspecified atom stereocenters. The molecule has 0 radical (unpaired) electrons. The normalized spacial score (nSPS) is 17.3. The van der Waals surface area contributed by atoms with Gasteiger partial charge in [-0.25, -0.2) is 0 Å². The Morgan fingerprint density at radius 2 is 1.90 bits per heavy atom. The minimum Gasteiger partial charge on any atom is -0.336 e. The summed E-state index contributed by atoms with van der Waals surface area (Å²) in [5.41, 5.74) is 7.74. The largest absolute Gasteiger partial charge is 0.336 e. The van der Waals surface area contributed by atoms with Gasteiger partial charge in [0.25, 0.3) is 5.91 Å². The van der Waals surface area contributed by atoms with Gasteiger partial charge in [-0.15, -0.1) is 0 Å². The Bertz CT molecular complexity index is 476. The number of benzene rings is 1. The molecule has 4 nitrogen and oxygen atoms in total. The number of amides is 1. The highest BCUT2D eigenvalue weighted by Crippen LogP contribution is 2.17. The van der Waals surface area contributed by atoms with Gasteiger partial charge in [-0.2, -0.15) is 0 Å². The van der Waals surface area contributed by atoms with Crippen LogP contribution in [-0.2, 0) is 0 Å². The molecule has 110 valence electrons. The first-order valence-electron chi connectivity index (χ1n) is 7.25. The van der Waals surface area contributed by atoms with Crippen LogP contribution in [0.4, 0.5) is 0 Å². The molecule has 1 aliphatic heterocycles. The van der Waals surface area contributed by atoms with Gasteiger partial charge in [0.1, 0.15) is 0 Å². The van der Waals surface area contributed by atoms with Crippen molar-refractivity contribution < 1.29 is 4.79 Å². The van der Waals surface area contributed by atoms with Crippen molar-refractivity contribution in [2.45, 2.75) is 26.3 Å². The van der Waals surface area contributed by atoms with Crippen LogP contribution in [0.15, 0.2) is 24.3 Å². The number of piperazine rings is 1. The van der Waals surface area contributed by atoms with Crippen molar-refractivity contribution in [1.29, 1.82) is 0 Å². The first-order valence-corrected chi connectivity index (χ1v) is 7.25. The van der Waals surface area contributed by atoms with Crippen LogP contribution in [-0.4, -0.2) is 54.0 Å². The third-order valence-electron chi connectivity index (χ3n) is 4.19. The second-order valence-corrected chi connectivity index (χ2v) is 6.17. The molecule has 0 atom stereocenters. The SMILES string of the molecule is Cc1cccc(C(=O)N2CCN(C(C)(C)CN)CC2)c1. The van der Waals surface area contributed by atoms with Crippen molar-refractivity contribution in [2.24, 2.45) is 5.73 Å². The van der Waals surface area contributed by atoms with Crippen LogP contribution in [0.5, 0.6) is 0 Å². The molecule has 1 aliphatic rings. The number of rotatable bonds is 3. The van der Waals surface area contributed by atoms with Crippen molar-refractivity contribution >= 4 is 5.91 Å². The Kier molecular flexibility index (Phi) is 4.45. The fourth-order valence-corrected chi connectivity index (χ4v) is 2.60. The Hall–Kier alpha value is -1.39. The van der Waals surface area contributed by atoms with Crippen molar-refractivity contribution in [2.75, 3.05) is 32.7 Å². The van der Waals surface area contributed by atoms with Gasteiger partial charge in [-0.05, 0) is 32.9 Å². The number of nitrogens with zero attached hydrogens (tertiary/aromatic N) is 2. The molecule has 1 heterocycles. The van der Waals surface area contributed by atoms with Crippen molar-refractivity contribution in [3.63, 3.8) is 0 Å². The molecule has 0 aromatic heterocycles. The average molecular weight is 275 g/mol. The monoisotopic (exact) mass is 275 g/mol. The van der Waals surface area contributed by atoms with Gasteiger partial charge in [0.2, 0.25) is 0 Å². The zero-order valence-electron chi connectivity index (χ0n) is 12.7. The van der Waals surface area contributed by atoms with Crippen LogP contribution >= 0.6 is 0 Å². The molecule has 1 aromatic rings. The molecule has 1 fully saturated rings. The van der Waals surface area contributed by atoms with Gasteiger partial charge in [0.05, 0.1) is 0 Å². The molecule has 0 aliphatic carbocycles. The first-order chi connectivity index (χ1) is 9.44. The average Bonchev–Trinajstić information content (AvgIpc) is 2.46. The summed E-state index contributed by atoms with van der Waals surface area (Å²) in [6.45, 7) is 10.3. The van der Waals surface area contributed by atoms with Gasteiger partial charge in [-0.1, -0.05) is 17.7 Å². The van der Waals surface area contributed by atoms with E-state index in [2.05, 4.69) is 18.7 Å². The number of hydrogen-bond acceptors (Lipinski definition) is 3. The van der Waals surface area contributed by atoms with E-state index < -0.39 is 0 Å². The third-order valence-corrected chi connectivity index (χ3v) is 4.19. The van der Waals surface area contributed by atoms with Crippen LogP contribution in [0, 0.1) is 6.92 Å². The maximum Gasteiger partial charge on any atom is 0.253 e. The van der Waals surface area contributed by atoms with E-state index in [-0.39, 0.29) is 11.4 Å². The zero-order valence-corrected chi connectivity index (χ0v) is 12.7. The zero-order chi connectivity index (χ0) is 14.8. The summed E-state index contributed by atoms with van der Waals surface area (Å²) in [6, 6.07) is 7.80. The van der Waals surface area contributed by atoms with Crippen LogP contribution in [0.1, 0.15) is 29.8 Å². The predicted molar refractivity (Wildman–Crippen MR) is 81.8 cm³/mol. The van der Waals surface area contributed by atoms with E-state index in [4.69, 9.17) is 5.73 Å². The quantitative estimate of drug-likeness (QED) is 0.909. The summed E-state index contributed by atoms with van der Waals surface area (Å²) in [4.78, 5) is 16.8. The van der Waals surface area contributed by atoms with E-state index in [0.717, 1.165) is 37.3 Å². The Balaban J connectivity index is 1.99. The molecule has 0 saturated carbocycles. The van der Waals surface area contributed by atoms with E-state index >= 15 is 0 Å². The van der Waals surface area contributed by atoms with E-state index in [1.165, 1.54) is 0 Å². The lowest BCUT2D eigenvalue weighted by Gasteiger charge is -2.43. The molecule has 2 N–H and O–H groups in total. The topological polar surface area (TPSA) is 49.6 Å². The molecule has 1 aromatic carbocycles. The number of aryl methyl sites for hydroxylation is 1. The second-order valence-electron chi connectivity index (χ2n) is 6.17. The fraction of sp³-hybridized carbons (Fsp3) is 0.562. The van der Waals surface area contributed by atoms with Crippen LogP contribution in [0.3, 0.4) is 0 Å². The summed E-state index contributed by atoms with van der Waals surface area (Å²) in [5, 5.41) is 0. The highest BCUT2D eigenvalue weighted by atomic mass is 16.2. The third kappa shape index (κ3) is 3.19. The van der Waals surface area contributed by atoms with Gasteiger partial charge in [-0.3, -0.25) is 9.69 Å². The molecule has 1 saturated heterocycles. The van der Waals surface area contributed by atoms with E-state index in [1.54, 1.807) is 0 Å². The van der Waals surface area contributed by atoms with Gasteiger partial charge in [0, 0.05) is 43.8 Å². The molecule has 0 bridgehead atoms. The standard InChI is InChI=1S/C16H25N3O/c1-13-5-4-6-14(11-13)15(20)18-7-9-19(10-8-18)16(2,3)12-17/h4-6,11H,7-10,12,17H2,1-3H3. The number of nitrogens with two attached hydrogens (primary N) is 1. The van der Waals surface area contributed by atoms with Crippen LogP contribution in [0.2, 0.25) is 0 Å². The minimum atomic E-state index is 0.0124. The van der Waals surface area contributed by atoms with E-state index in [1.807, 2.05) is 36.1 Å². The Morgan fingerprint density at radius 3 is 2.45 bits per heavy atom. The minimum absolute atomic E-state index is 0.0124. The van der Waals surface area contributed by atoms with Gasteiger partial charge in [0.15, 0.2) is 0 Å².